The lowest BCUT2D eigenvalue weighted by molar-refractivity contribution is 0.0285. The first-order chi connectivity index (χ1) is 18.2. The Morgan fingerprint density at radius 3 is 2.39 bits per heavy atom. The summed E-state index contributed by atoms with van der Waals surface area (Å²) in [6.07, 6.45) is 1.42. The molecule has 2 atom stereocenters. The van der Waals surface area contributed by atoms with Crippen LogP contribution in [0.2, 0.25) is 0 Å². The normalized spacial score (nSPS) is 18.9. The number of hydrogen-bond donors (Lipinski definition) is 1. The average molecular weight is 519 g/mol. The van der Waals surface area contributed by atoms with Crippen molar-refractivity contribution in [1.82, 2.24) is 14.6 Å². The summed E-state index contributed by atoms with van der Waals surface area (Å²) in [6.45, 7) is 7.55. The number of likely N-dealkylation sites (tertiary alicyclic amines) is 1. The molecule has 0 aliphatic carbocycles. The third kappa shape index (κ3) is 5.32. The van der Waals surface area contributed by atoms with Crippen molar-refractivity contribution in [3.05, 3.63) is 66.1 Å². The number of para-hydroxylation sites is 1. The summed E-state index contributed by atoms with van der Waals surface area (Å²) < 4.78 is 18.4. The molecule has 1 aromatic heterocycles. The Hall–Kier alpha value is -4.01. The van der Waals surface area contributed by atoms with Gasteiger partial charge < -0.3 is 24.5 Å². The van der Waals surface area contributed by atoms with Crippen LogP contribution in [0.25, 0.3) is 11.3 Å². The third-order valence-corrected chi connectivity index (χ3v) is 6.89. The monoisotopic (exact) mass is 518 g/mol. The number of fused-ring (bicyclic) bond motifs is 1. The molecule has 0 radical (unpaired) electrons. The Morgan fingerprint density at radius 1 is 1.00 bits per heavy atom. The minimum atomic E-state index is -0.536. The molecule has 200 valence electrons. The third-order valence-electron chi connectivity index (χ3n) is 6.89. The van der Waals surface area contributed by atoms with E-state index in [2.05, 4.69) is 5.43 Å². The van der Waals surface area contributed by atoms with Crippen molar-refractivity contribution in [3.63, 3.8) is 0 Å². The molecule has 2 aromatic carbocycles. The van der Waals surface area contributed by atoms with Gasteiger partial charge in [0.25, 0.3) is 0 Å². The average Bonchev–Trinajstić information content (AvgIpc) is 3.54. The minimum absolute atomic E-state index is 0.0848. The van der Waals surface area contributed by atoms with Gasteiger partial charge >= 0.3 is 12.1 Å². The zero-order valence-electron chi connectivity index (χ0n) is 22.3. The highest BCUT2D eigenvalue weighted by Crippen LogP contribution is 2.39. The Kier molecular flexibility index (Phi) is 7.01. The van der Waals surface area contributed by atoms with Gasteiger partial charge in [-0.3, -0.25) is 0 Å². The van der Waals surface area contributed by atoms with Crippen molar-refractivity contribution in [2.45, 2.75) is 45.1 Å². The molecule has 0 saturated carbocycles. The van der Waals surface area contributed by atoms with Crippen molar-refractivity contribution in [2.24, 2.45) is 5.92 Å². The smallest absolute Gasteiger partial charge is 0.410 e. The SMILES string of the molecule is COC(=O)c1c(-c2ccc(Oc3ccccc3)cc2)nc2n1NCCC2C1CCN(C(=O)OC(C)(C)C)C1. The Bertz CT molecular complexity index is 1300. The molecule has 1 amide bonds. The van der Waals surface area contributed by atoms with Gasteiger partial charge in [-0.2, -0.15) is 0 Å². The molecule has 2 aliphatic rings. The number of rotatable bonds is 5. The van der Waals surface area contributed by atoms with Crippen molar-refractivity contribution < 1.29 is 23.8 Å². The van der Waals surface area contributed by atoms with Crippen LogP contribution < -0.4 is 10.2 Å². The van der Waals surface area contributed by atoms with Gasteiger partial charge in [-0.15, -0.1) is 0 Å². The number of hydrogen-bond acceptors (Lipinski definition) is 7. The molecule has 38 heavy (non-hydrogen) atoms. The molecular formula is C29H34N4O5. The summed E-state index contributed by atoms with van der Waals surface area (Å²) in [4.78, 5) is 32.3. The van der Waals surface area contributed by atoms with Gasteiger partial charge in [0.2, 0.25) is 0 Å². The second kappa shape index (κ2) is 10.4. The number of carbonyl (C=O) groups is 2. The summed E-state index contributed by atoms with van der Waals surface area (Å²) >= 11 is 0. The van der Waals surface area contributed by atoms with E-state index in [-0.39, 0.29) is 17.9 Å². The zero-order chi connectivity index (χ0) is 26.9. The number of imidazole rings is 1. The predicted molar refractivity (Wildman–Crippen MR) is 143 cm³/mol. The number of benzene rings is 2. The van der Waals surface area contributed by atoms with Crippen LogP contribution >= 0.6 is 0 Å². The fraction of sp³-hybridized carbons (Fsp3) is 0.414. The maximum Gasteiger partial charge on any atom is 0.410 e. The number of ether oxygens (including phenoxy) is 3. The Balaban J connectivity index is 1.41. The first kappa shape index (κ1) is 25.6. The molecule has 1 fully saturated rings. The lowest BCUT2D eigenvalue weighted by atomic mass is 9.87. The van der Waals surface area contributed by atoms with Gasteiger partial charge in [-0.05, 0) is 75.9 Å². The fourth-order valence-electron chi connectivity index (χ4n) is 5.15. The minimum Gasteiger partial charge on any atom is -0.464 e. The molecule has 9 nitrogen and oxygen atoms in total. The second-order valence-electron chi connectivity index (χ2n) is 10.7. The number of amides is 1. The van der Waals surface area contributed by atoms with Gasteiger partial charge in [-0.25, -0.2) is 19.2 Å². The van der Waals surface area contributed by atoms with E-state index in [9.17, 15) is 9.59 Å². The number of carbonyl (C=O) groups excluding carboxylic acids is 2. The van der Waals surface area contributed by atoms with Crippen LogP contribution in [0.1, 0.15) is 55.8 Å². The van der Waals surface area contributed by atoms with Gasteiger partial charge in [-0.1, -0.05) is 18.2 Å². The summed E-state index contributed by atoms with van der Waals surface area (Å²) in [5.41, 5.74) is 4.50. The van der Waals surface area contributed by atoms with E-state index in [1.807, 2.05) is 75.4 Å². The van der Waals surface area contributed by atoms with E-state index in [0.717, 1.165) is 30.0 Å². The molecule has 1 N–H and O–H groups in total. The van der Waals surface area contributed by atoms with Crippen molar-refractivity contribution in [3.8, 4) is 22.8 Å². The molecule has 3 heterocycles. The van der Waals surface area contributed by atoms with E-state index in [4.69, 9.17) is 19.2 Å². The highest BCUT2D eigenvalue weighted by molar-refractivity contribution is 5.95. The van der Waals surface area contributed by atoms with Crippen molar-refractivity contribution >= 4 is 12.1 Å². The van der Waals surface area contributed by atoms with Crippen LogP contribution in [-0.2, 0) is 9.47 Å². The van der Waals surface area contributed by atoms with E-state index in [1.54, 1.807) is 9.58 Å². The maximum atomic E-state index is 12.9. The second-order valence-corrected chi connectivity index (χ2v) is 10.7. The van der Waals surface area contributed by atoms with E-state index in [1.165, 1.54) is 7.11 Å². The summed E-state index contributed by atoms with van der Waals surface area (Å²) in [5, 5.41) is 0. The predicted octanol–water partition coefficient (Wildman–Crippen LogP) is 5.42. The van der Waals surface area contributed by atoms with Gasteiger partial charge in [0.05, 0.1) is 7.11 Å². The molecule has 1 saturated heterocycles. The Morgan fingerprint density at radius 2 is 1.71 bits per heavy atom. The van der Waals surface area contributed by atoms with Crippen LogP contribution in [-0.4, -0.2) is 59.0 Å². The van der Waals surface area contributed by atoms with E-state index < -0.39 is 11.6 Å². The number of nitrogens with zero attached hydrogens (tertiary/aromatic N) is 3. The number of methoxy groups -OCH3 is 1. The van der Waals surface area contributed by atoms with Gasteiger partial charge in [0, 0.05) is 31.1 Å². The van der Waals surface area contributed by atoms with Crippen LogP contribution in [0.15, 0.2) is 54.6 Å². The molecule has 3 aromatic rings. The first-order valence-electron chi connectivity index (χ1n) is 13.0. The Labute approximate surface area is 222 Å². The molecule has 0 spiro atoms. The molecule has 2 unspecified atom stereocenters. The highest BCUT2D eigenvalue weighted by Gasteiger charge is 2.39. The lowest BCUT2D eigenvalue weighted by Gasteiger charge is -2.30. The fourth-order valence-corrected chi connectivity index (χ4v) is 5.15. The molecule has 2 aliphatic heterocycles. The number of aromatic nitrogens is 2. The molecule has 9 heteroatoms. The quantitative estimate of drug-likeness (QED) is 0.451. The van der Waals surface area contributed by atoms with Crippen LogP contribution in [0.3, 0.4) is 0 Å². The summed E-state index contributed by atoms with van der Waals surface area (Å²) in [6, 6.07) is 17.1. The zero-order valence-corrected chi connectivity index (χ0v) is 22.3. The number of esters is 1. The maximum absolute atomic E-state index is 12.9. The standard InChI is InChI=1S/C29H34N4O5/c1-29(2,3)38-28(35)32-17-15-20(18-32)23-14-16-30-33-25(27(34)36-4)24(31-26(23)33)19-10-12-22(13-11-19)37-21-8-6-5-7-9-21/h5-13,20,23,30H,14-18H2,1-4H3. The van der Waals surface area contributed by atoms with Gasteiger partial charge in [0.15, 0.2) is 5.69 Å². The van der Waals surface area contributed by atoms with Crippen molar-refractivity contribution in [2.75, 3.05) is 32.2 Å². The summed E-state index contributed by atoms with van der Waals surface area (Å²) in [7, 11) is 1.37. The highest BCUT2D eigenvalue weighted by atomic mass is 16.6. The van der Waals surface area contributed by atoms with E-state index in [0.29, 0.717) is 36.8 Å². The van der Waals surface area contributed by atoms with Crippen molar-refractivity contribution in [1.29, 1.82) is 0 Å². The lowest BCUT2D eigenvalue weighted by Crippen LogP contribution is -2.37. The topological polar surface area (TPSA) is 94.9 Å². The molecule has 0 bridgehead atoms. The van der Waals surface area contributed by atoms with Crippen LogP contribution in [0.5, 0.6) is 11.5 Å². The van der Waals surface area contributed by atoms with E-state index >= 15 is 0 Å². The van der Waals surface area contributed by atoms with Gasteiger partial charge in [0.1, 0.15) is 28.6 Å². The summed E-state index contributed by atoms with van der Waals surface area (Å²) in [5.74, 6) is 2.06. The van der Waals surface area contributed by atoms with Crippen LogP contribution in [0.4, 0.5) is 4.79 Å². The largest absolute Gasteiger partial charge is 0.464 e. The van der Waals surface area contributed by atoms with Crippen LogP contribution in [0, 0.1) is 5.92 Å². The number of nitrogens with one attached hydrogen (secondary N) is 1. The molecule has 5 rings (SSSR count). The molecular weight excluding hydrogens is 484 g/mol. The first-order valence-corrected chi connectivity index (χ1v) is 13.0.